The highest BCUT2D eigenvalue weighted by molar-refractivity contribution is 5.85. The second kappa shape index (κ2) is 6.42. The number of hydrogen-bond donors (Lipinski definition) is 1. The SMILES string of the molecule is Cn1cc(-n2nccc2C2CCN(C(=O)[C@@](C)(O)C(F)(F)F)CC2)cn1. The molecule has 1 amide bonds. The van der Waals surface area contributed by atoms with E-state index in [1.54, 1.807) is 28.8 Å². The van der Waals surface area contributed by atoms with Crippen LogP contribution >= 0.6 is 0 Å². The van der Waals surface area contributed by atoms with Crippen LogP contribution in [0.4, 0.5) is 13.2 Å². The largest absolute Gasteiger partial charge is 0.426 e. The van der Waals surface area contributed by atoms with Crippen LogP contribution in [0.2, 0.25) is 0 Å². The Morgan fingerprint density at radius 3 is 2.46 bits per heavy atom. The zero-order valence-electron chi connectivity index (χ0n) is 14.4. The molecule has 10 heteroatoms. The van der Waals surface area contributed by atoms with Crippen LogP contribution in [0.5, 0.6) is 0 Å². The van der Waals surface area contributed by atoms with E-state index in [2.05, 4.69) is 10.2 Å². The molecule has 7 nitrogen and oxygen atoms in total. The number of nitrogens with zero attached hydrogens (tertiary/aromatic N) is 5. The van der Waals surface area contributed by atoms with Gasteiger partial charge in [-0.1, -0.05) is 0 Å². The third kappa shape index (κ3) is 3.20. The Hall–Kier alpha value is -2.36. The molecule has 0 unspecified atom stereocenters. The predicted octanol–water partition coefficient (Wildman–Crippen LogP) is 1.63. The number of likely N-dealkylation sites (tertiary alicyclic amines) is 1. The lowest BCUT2D eigenvalue weighted by atomic mass is 9.92. The number of carbonyl (C=O) groups excluding carboxylic acids is 1. The molecular weight excluding hydrogens is 351 g/mol. The number of aromatic nitrogens is 4. The highest BCUT2D eigenvalue weighted by atomic mass is 19.4. The van der Waals surface area contributed by atoms with Crippen LogP contribution in [0.25, 0.3) is 5.69 Å². The van der Waals surface area contributed by atoms with Gasteiger partial charge in [-0.3, -0.25) is 9.48 Å². The zero-order valence-corrected chi connectivity index (χ0v) is 14.4. The number of halogens is 3. The molecule has 1 aliphatic heterocycles. The third-order valence-electron chi connectivity index (χ3n) is 4.78. The quantitative estimate of drug-likeness (QED) is 0.890. The lowest BCUT2D eigenvalue weighted by molar-refractivity contribution is -0.250. The fourth-order valence-corrected chi connectivity index (χ4v) is 3.16. The highest BCUT2D eigenvalue weighted by Crippen LogP contribution is 2.34. The molecule has 2 aromatic rings. The second-order valence-corrected chi connectivity index (χ2v) is 6.68. The second-order valence-electron chi connectivity index (χ2n) is 6.68. The fourth-order valence-electron chi connectivity index (χ4n) is 3.16. The number of amides is 1. The Morgan fingerprint density at radius 2 is 1.92 bits per heavy atom. The van der Waals surface area contributed by atoms with Gasteiger partial charge in [0, 0.05) is 37.9 Å². The summed E-state index contributed by atoms with van der Waals surface area (Å²) in [6.45, 7) is 0.792. The first-order valence-corrected chi connectivity index (χ1v) is 8.22. The number of piperidine rings is 1. The Morgan fingerprint density at radius 1 is 1.27 bits per heavy atom. The Balaban J connectivity index is 1.70. The highest BCUT2D eigenvalue weighted by Gasteiger charge is 2.57. The topological polar surface area (TPSA) is 76.2 Å². The molecule has 1 atom stereocenters. The maximum atomic E-state index is 12.9. The van der Waals surface area contributed by atoms with Gasteiger partial charge in [0.1, 0.15) is 5.69 Å². The van der Waals surface area contributed by atoms with E-state index < -0.39 is 17.7 Å². The van der Waals surface area contributed by atoms with Crippen LogP contribution < -0.4 is 0 Å². The van der Waals surface area contributed by atoms with Crippen molar-refractivity contribution in [1.82, 2.24) is 24.5 Å². The molecule has 0 bridgehead atoms. The lowest BCUT2D eigenvalue weighted by Gasteiger charge is -2.36. The zero-order chi connectivity index (χ0) is 19.1. The molecule has 3 heterocycles. The predicted molar refractivity (Wildman–Crippen MR) is 85.6 cm³/mol. The fraction of sp³-hybridized carbons (Fsp3) is 0.562. The van der Waals surface area contributed by atoms with Crippen molar-refractivity contribution in [2.75, 3.05) is 13.1 Å². The summed E-state index contributed by atoms with van der Waals surface area (Å²) in [6, 6.07) is 1.86. The van der Waals surface area contributed by atoms with Crippen molar-refractivity contribution < 1.29 is 23.1 Å². The van der Waals surface area contributed by atoms with Gasteiger partial charge in [0.2, 0.25) is 5.60 Å². The smallest absolute Gasteiger partial charge is 0.373 e. The molecule has 142 valence electrons. The lowest BCUT2D eigenvalue weighted by Crippen LogP contribution is -2.57. The molecule has 0 radical (unpaired) electrons. The molecule has 26 heavy (non-hydrogen) atoms. The van der Waals surface area contributed by atoms with Crippen molar-refractivity contribution in [2.24, 2.45) is 7.05 Å². The summed E-state index contributed by atoms with van der Waals surface area (Å²) in [5.74, 6) is -1.25. The third-order valence-corrected chi connectivity index (χ3v) is 4.78. The van der Waals surface area contributed by atoms with Crippen LogP contribution in [0.3, 0.4) is 0 Å². The first kappa shape index (κ1) is 18.4. The molecule has 0 aliphatic carbocycles. The minimum absolute atomic E-state index is 0.0533. The van der Waals surface area contributed by atoms with Gasteiger partial charge in [0.05, 0.1) is 12.4 Å². The van der Waals surface area contributed by atoms with Crippen molar-refractivity contribution in [3.05, 3.63) is 30.4 Å². The molecule has 1 saturated heterocycles. The molecule has 2 aromatic heterocycles. The van der Waals surface area contributed by atoms with Crippen molar-refractivity contribution in [3.8, 4) is 5.69 Å². The van der Waals surface area contributed by atoms with Gasteiger partial charge in [-0.25, -0.2) is 4.68 Å². The number of hydrogen-bond acceptors (Lipinski definition) is 4. The van der Waals surface area contributed by atoms with Crippen LogP contribution in [0.1, 0.15) is 31.4 Å². The number of alkyl halides is 3. The van der Waals surface area contributed by atoms with Crippen molar-refractivity contribution >= 4 is 5.91 Å². The number of aryl methyl sites for hydroxylation is 1. The molecule has 1 aliphatic rings. The van der Waals surface area contributed by atoms with Gasteiger partial charge in [0.25, 0.3) is 5.91 Å². The molecule has 3 rings (SSSR count). The average molecular weight is 371 g/mol. The van der Waals surface area contributed by atoms with Gasteiger partial charge in [-0.2, -0.15) is 23.4 Å². The first-order chi connectivity index (χ1) is 12.1. The molecule has 0 saturated carbocycles. The van der Waals surface area contributed by atoms with E-state index in [1.807, 2.05) is 12.3 Å². The monoisotopic (exact) mass is 371 g/mol. The van der Waals surface area contributed by atoms with Gasteiger partial charge < -0.3 is 10.0 Å². The van der Waals surface area contributed by atoms with E-state index >= 15 is 0 Å². The molecule has 0 spiro atoms. The molecule has 1 fully saturated rings. The average Bonchev–Trinajstić information content (AvgIpc) is 3.21. The van der Waals surface area contributed by atoms with Gasteiger partial charge in [-0.15, -0.1) is 0 Å². The summed E-state index contributed by atoms with van der Waals surface area (Å²) in [4.78, 5) is 13.2. The van der Waals surface area contributed by atoms with Gasteiger partial charge in [0.15, 0.2) is 0 Å². The van der Waals surface area contributed by atoms with E-state index in [0.29, 0.717) is 19.8 Å². The van der Waals surface area contributed by atoms with Crippen LogP contribution in [0, 0.1) is 0 Å². The van der Waals surface area contributed by atoms with Crippen LogP contribution in [-0.4, -0.2) is 60.3 Å². The van der Waals surface area contributed by atoms with Crippen molar-refractivity contribution in [1.29, 1.82) is 0 Å². The number of carbonyl (C=O) groups is 1. The van der Waals surface area contributed by atoms with Crippen molar-refractivity contribution in [2.45, 2.75) is 37.5 Å². The molecule has 0 aromatic carbocycles. The number of aliphatic hydroxyl groups is 1. The molecule has 1 N–H and O–H groups in total. The van der Waals surface area contributed by atoms with Gasteiger partial charge >= 0.3 is 6.18 Å². The first-order valence-electron chi connectivity index (χ1n) is 8.22. The Bertz CT molecular complexity index is 788. The molecular formula is C16H20F3N5O2. The summed E-state index contributed by atoms with van der Waals surface area (Å²) in [6.07, 6.45) is 1.14. The number of rotatable bonds is 3. The normalized spacial score (nSPS) is 18.8. The minimum atomic E-state index is -5.00. The van der Waals surface area contributed by atoms with Crippen molar-refractivity contribution in [3.63, 3.8) is 0 Å². The minimum Gasteiger partial charge on any atom is -0.373 e. The Labute approximate surface area is 148 Å². The standard InChI is InChI=1S/C16H20F3N5O2/c1-15(26,16(17,18)19)14(25)23-7-4-11(5-8-23)13-3-6-20-24(13)12-9-21-22(2)10-12/h3,6,9-11,26H,4-5,7-8H2,1-2H3/t15-/m1/s1. The van der Waals surface area contributed by atoms with Crippen LogP contribution in [-0.2, 0) is 11.8 Å². The van der Waals surface area contributed by atoms with E-state index in [0.717, 1.165) is 16.3 Å². The summed E-state index contributed by atoms with van der Waals surface area (Å²) in [5.41, 5.74) is -1.64. The summed E-state index contributed by atoms with van der Waals surface area (Å²) in [7, 11) is 1.79. The van der Waals surface area contributed by atoms with E-state index in [1.165, 1.54) is 0 Å². The van der Waals surface area contributed by atoms with E-state index in [4.69, 9.17) is 0 Å². The van der Waals surface area contributed by atoms with E-state index in [9.17, 15) is 23.1 Å². The van der Waals surface area contributed by atoms with E-state index in [-0.39, 0.29) is 19.0 Å². The summed E-state index contributed by atoms with van der Waals surface area (Å²) in [5, 5.41) is 18.0. The maximum absolute atomic E-state index is 12.9. The van der Waals surface area contributed by atoms with Gasteiger partial charge in [-0.05, 0) is 25.8 Å². The van der Waals surface area contributed by atoms with Crippen LogP contribution in [0.15, 0.2) is 24.7 Å². The summed E-state index contributed by atoms with van der Waals surface area (Å²) < 4.78 is 42.0. The maximum Gasteiger partial charge on any atom is 0.426 e. The Kier molecular flexibility index (Phi) is 4.55. The summed E-state index contributed by atoms with van der Waals surface area (Å²) >= 11 is 0.